The van der Waals surface area contributed by atoms with E-state index in [1.807, 2.05) is 12.1 Å². The first kappa shape index (κ1) is 19.7. The van der Waals surface area contributed by atoms with Crippen LogP contribution in [0, 0.1) is 0 Å². The number of aliphatic hydroxyl groups is 1. The van der Waals surface area contributed by atoms with Crippen LogP contribution in [-0.2, 0) is 0 Å². The molecule has 1 aromatic heterocycles. The maximum absolute atomic E-state index is 11.3. The zero-order chi connectivity index (χ0) is 18.1. The molecule has 0 saturated carbocycles. The molecule has 1 atom stereocenters. The zero-order valence-corrected chi connectivity index (χ0v) is 15.5. The van der Waals surface area contributed by atoms with Crippen molar-refractivity contribution in [3.63, 3.8) is 0 Å². The molecule has 4 nitrogen and oxygen atoms in total. The summed E-state index contributed by atoms with van der Waals surface area (Å²) in [6.07, 6.45) is 8.86. The van der Waals surface area contributed by atoms with Gasteiger partial charge in [0.1, 0.15) is 5.58 Å². The molecule has 138 valence electrons. The highest BCUT2D eigenvalue weighted by atomic mass is 16.4. The summed E-state index contributed by atoms with van der Waals surface area (Å²) in [4.78, 5) is 13.5. The van der Waals surface area contributed by atoms with E-state index >= 15 is 0 Å². The lowest BCUT2D eigenvalue weighted by atomic mass is 10.0. The van der Waals surface area contributed by atoms with Gasteiger partial charge in [0.25, 0.3) is 0 Å². The smallest absolute Gasteiger partial charge is 0.336 e. The molecule has 0 bridgehead atoms. The van der Waals surface area contributed by atoms with Crippen molar-refractivity contribution < 1.29 is 9.52 Å². The van der Waals surface area contributed by atoms with Crippen LogP contribution < -0.4 is 5.63 Å². The van der Waals surface area contributed by atoms with Gasteiger partial charge in [0.15, 0.2) is 0 Å². The fraction of sp³-hybridized carbons (Fsp3) is 0.571. The van der Waals surface area contributed by atoms with Crippen LogP contribution in [0.2, 0.25) is 0 Å². The first-order valence-corrected chi connectivity index (χ1v) is 9.43. The summed E-state index contributed by atoms with van der Waals surface area (Å²) in [5.41, 5.74) is 1.01. The summed E-state index contributed by atoms with van der Waals surface area (Å²) in [5.74, 6) is 0. The van der Waals surface area contributed by atoms with Gasteiger partial charge in [-0.25, -0.2) is 4.79 Å². The Bertz CT molecular complexity index is 693. The van der Waals surface area contributed by atoms with E-state index in [-0.39, 0.29) is 5.63 Å². The Morgan fingerprint density at radius 2 is 1.60 bits per heavy atom. The topological polar surface area (TPSA) is 53.7 Å². The fourth-order valence-corrected chi connectivity index (χ4v) is 3.10. The van der Waals surface area contributed by atoms with Crippen LogP contribution in [0.5, 0.6) is 0 Å². The number of rotatable bonds is 11. The van der Waals surface area contributed by atoms with Gasteiger partial charge in [-0.1, -0.05) is 50.7 Å². The summed E-state index contributed by atoms with van der Waals surface area (Å²) in [6, 6.07) is 8.75. The summed E-state index contributed by atoms with van der Waals surface area (Å²) >= 11 is 0. The number of benzene rings is 1. The molecule has 0 amide bonds. The van der Waals surface area contributed by atoms with Crippen molar-refractivity contribution in [3.05, 3.63) is 46.3 Å². The Morgan fingerprint density at radius 1 is 0.960 bits per heavy atom. The molecule has 0 fully saturated rings. The maximum Gasteiger partial charge on any atom is 0.336 e. The van der Waals surface area contributed by atoms with E-state index in [2.05, 4.69) is 19.0 Å². The van der Waals surface area contributed by atoms with Gasteiger partial charge in [0.05, 0.1) is 6.10 Å². The molecule has 2 rings (SSSR count). The maximum atomic E-state index is 11.3. The molecule has 0 aliphatic carbocycles. The standard InChI is InChI=1S/C21H31NO3/c1-22(2)15-9-7-5-3-4-6-8-10-19(23)18-12-11-17-13-14-21(24)25-20(17)16-18/h11-14,16,19,23H,3-10,15H2,1-2H3. The number of nitrogens with zero attached hydrogens (tertiary/aromatic N) is 1. The van der Waals surface area contributed by atoms with Crippen molar-refractivity contribution in [1.29, 1.82) is 0 Å². The molecule has 1 unspecified atom stereocenters. The molecule has 0 spiro atoms. The minimum absolute atomic E-state index is 0.357. The quantitative estimate of drug-likeness (QED) is 0.481. The lowest BCUT2D eigenvalue weighted by Gasteiger charge is -2.11. The van der Waals surface area contributed by atoms with E-state index in [9.17, 15) is 9.90 Å². The van der Waals surface area contributed by atoms with E-state index in [1.165, 1.54) is 44.7 Å². The fourth-order valence-electron chi connectivity index (χ4n) is 3.10. The van der Waals surface area contributed by atoms with Crippen LogP contribution >= 0.6 is 0 Å². The van der Waals surface area contributed by atoms with Crippen LogP contribution in [0.15, 0.2) is 39.5 Å². The van der Waals surface area contributed by atoms with Crippen LogP contribution in [0.3, 0.4) is 0 Å². The van der Waals surface area contributed by atoms with Crippen molar-refractivity contribution >= 4 is 11.0 Å². The largest absolute Gasteiger partial charge is 0.423 e. The molecule has 4 heteroatoms. The first-order chi connectivity index (χ1) is 12.1. The van der Waals surface area contributed by atoms with Gasteiger partial charge in [-0.15, -0.1) is 0 Å². The summed E-state index contributed by atoms with van der Waals surface area (Å²) in [7, 11) is 4.24. The Kier molecular flexibility index (Phi) is 8.16. The van der Waals surface area contributed by atoms with E-state index in [0.717, 1.165) is 30.2 Å². The molecule has 1 N–H and O–H groups in total. The van der Waals surface area contributed by atoms with Gasteiger partial charge >= 0.3 is 5.63 Å². The molecule has 2 aromatic rings. The third-order valence-corrected chi connectivity index (χ3v) is 4.61. The van der Waals surface area contributed by atoms with Crippen molar-refractivity contribution in [2.75, 3.05) is 20.6 Å². The molecule has 1 heterocycles. The summed E-state index contributed by atoms with van der Waals surface area (Å²) in [6.45, 7) is 1.18. The number of hydrogen-bond acceptors (Lipinski definition) is 4. The minimum Gasteiger partial charge on any atom is -0.423 e. The third kappa shape index (κ3) is 7.00. The predicted molar refractivity (Wildman–Crippen MR) is 103 cm³/mol. The van der Waals surface area contributed by atoms with Gasteiger partial charge in [-0.3, -0.25) is 0 Å². The Labute approximate surface area is 150 Å². The molecule has 1 aromatic carbocycles. The molecule has 25 heavy (non-hydrogen) atoms. The van der Waals surface area contributed by atoms with Gasteiger partial charge in [-0.2, -0.15) is 0 Å². The second kappa shape index (κ2) is 10.4. The Hall–Kier alpha value is -1.65. The van der Waals surface area contributed by atoms with Gasteiger partial charge in [0.2, 0.25) is 0 Å². The summed E-state index contributed by atoms with van der Waals surface area (Å²) < 4.78 is 5.19. The molecular formula is C21H31NO3. The van der Waals surface area contributed by atoms with Crippen LogP contribution in [0.1, 0.15) is 63.0 Å². The normalized spacial score (nSPS) is 12.8. The van der Waals surface area contributed by atoms with Crippen molar-refractivity contribution in [2.24, 2.45) is 0 Å². The van der Waals surface area contributed by atoms with Gasteiger partial charge in [-0.05, 0) is 51.2 Å². The third-order valence-electron chi connectivity index (χ3n) is 4.61. The first-order valence-electron chi connectivity index (χ1n) is 9.43. The van der Waals surface area contributed by atoms with E-state index in [4.69, 9.17) is 4.42 Å². The monoisotopic (exact) mass is 345 g/mol. The van der Waals surface area contributed by atoms with Crippen molar-refractivity contribution in [2.45, 2.75) is 57.5 Å². The van der Waals surface area contributed by atoms with Crippen molar-refractivity contribution in [1.82, 2.24) is 4.90 Å². The highest BCUT2D eigenvalue weighted by Crippen LogP contribution is 2.23. The number of fused-ring (bicyclic) bond motifs is 1. The second-order valence-corrected chi connectivity index (χ2v) is 7.13. The van der Waals surface area contributed by atoms with Crippen molar-refractivity contribution in [3.8, 4) is 0 Å². The number of unbranched alkanes of at least 4 members (excludes halogenated alkanes) is 6. The molecule has 0 aliphatic heterocycles. The Morgan fingerprint density at radius 3 is 2.32 bits per heavy atom. The molecular weight excluding hydrogens is 314 g/mol. The number of aliphatic hydroxyl groups excluding tert-OH is 1. The molecule has 0 radical (unpaired) electrons. The Balaban J connectivity index is 1.65. The van der Waals surface area contributed by atoms with Crippen LogP contribution in [0.4, 0.5) is 0 Å². The predicted octanol–water partition coefficient (Wildman–Crippen LogP) is 4.51. The number of hydrogen-bond donors (Lipinski definition) is 1. The zero-order valence-electron chi connectivity index (χ0n) is 15.5. The SMILES string of the molecule is CN(C)CCCCCCCCCC(O)c1ccc2ccc(=O)oc2c1. The average molecular weight is 345 g/mol. The average Bonchev–Trinajstić information content (AvgIpc) is 2.59. The second-order valence-electron chi connectivity index (χ2n) is 7.13. The highest BCUT2D eigenvalue weighted by Gasteiger charge is 2.09. The van der Waals surface area contributed by atoms with E-state index < -0.39 is 6.10 Å². The van der Waals surface area contributed by atoms with Crippen LogP contribution in [-0.4, -0.2) is 30.6 Å². The van der Waals surface area contributed by atoms with E-state index in [0.29, 0.717) is 5.58 Å². The van der Waals surface area contributed by atoms with Gasteiger partial charge < -0.3 is 14.4 Å². The van der Waals surface area contributed by atoms with Gasteiger partial charge in [0, 0.05) is 11.5 Å². The minimum atomic E-state index is -0.491. The summed E-state index contributed by atoms with van der Waals surface area (Å²) in [5, 5.41) is 11.2. The molecule has 0 saturated heterocycles. The molecule has 0 aliphatic rings. The lowest BCUT2D eigenvalue weighted by molar-refractivity contribution is 0.163. The lowest BCUT2D eigenvalue weighted by Crippen LogP contribution is -2.12. The van der Waals surface area contributed by atoms with E-state index in [1.54, 1.807) is 12.1 Å². The highest BCUT2D eigenvalue weighted by molar-refractivity contribution is 5.76. The van der Waals surface area contributed by atoms with Crippen LogP contribution in [0.25, 0.3) is 11.0 Å².